The monoisotopic (exact) mass is 565 g/mol. The number of carboxylic acids is 1. The van der Waals surface area contributed by atoms with Crippen LogP contribution >= 0.6 is 23.2 Å². The van der Waals surface area contributed by atoms with Crippen LogP contribution in [-0.4, -0.2) is 39.4 Å². The van der Waals surface area contributed by atoms with Gasteiger partial charge in [-0.2, -0.15) is 0 Å². The van der Waals surface area contributed by atoms with Crippen LogP contribution in [0.15, 0.2) is 59.3 Å². The average Bonchev–Trinajstić information content (AvgIpc) is 3.66. The highest BCUT2D eigenvalue weighted by Crippen LogP contribution is 2.46. The number of pyridine rings is 1. The maximum Gasteiger partial charge on any atom is 0.335 e. The maximum absolute atomic E-state index is 11.3. The van der Waals surface area contributed by atoms with Gasteiger partial charge in [0.25, 0.3) is 0 Å². The van der Waals surface area contributed by atoms with E-state index in [2.05, 4.69) is 10.1 Å². The van der Waals surface area contributed by atoms with Crippen LogP contribution in [0, 0.1) is 6.92 Å². The largest absolute Gasteiger partial charge is 0.489 e. The highest BCUT2D eigenvalue weighted by Gasteiger charge is 2.44. The molecule has 6 rings (SSSR count). The fraction of sp³-hybridized carbons (Fsp3) is 0.276. The third-order valence-corrected chi connectivity index (χ3v) is 7.90. The Hall–Kier alpha value is -3.59. The van der Waals surface area contributed by atoms with Crippen molar-refractivity contribution in [2.75, 3.05) is 18.0 Å². The molecule has 0 atom stereocenters. The van der Waals surface area contributed by atoms with Crippen LogP contribution in [-0.2, 0) is 12.2 Å². The van der Waals surface area contributed by atoms with Crippen molar-refractivity contribution in [1.29, 1.82) is 0 Å². The normalized spacial score (nSPS) is 16.2. The first-order chi connectivity index (χ1) is 18.7. The molecule has 200 valence electrons. The molecule has 2 fully saturated rings. The summed E-state index contributed by atoms with van der Waals surface area (Å²) in [4.78, 5) is 17.4. The Bertz CT molecular complexity index is 1560. The Balaban J connectivity index is 1.19. The van der Waals surface area contributed by atoms with Crippen LogP contribution in [0.2, 0.25) is 10.0 Å². The van der Waals surface area contributed by atoms with E-state index in [0.717, 1.165) is 35.3 Å². The smallest absolute Gasteiger partial charge is 0.335 e. The number of halogens is 2. The maximum atomic E-state index is 11.3. The Morgan fingerprint density at radius 3 is 2.56 bits per heavy atom. The molecule has 0 spiro atoms. The molecular formula is C29H25Cl2N3O5. The van der Waals surface area contributed by atoms with E-state index in [1.807, 2.05) is 30.0 Å². The molecule has 1 aliphatic carbocycles. The van der Waals surface area contributed by atoms with Crippen LogP contribution in [0.5, 0.6) is 5.75 Å². The van der Waals surface area contributed by atoms with Crippen LogP contribution in [0.1, 0.15) is 51.6 Å². The van der Waals surface area contributed by atoms with Gasteiger partial charge in [-0.25, -0.2) is 9.78 Å². The predicted molar refractivity (Wildman–Crippen MR) is 147 cm³/mol. The van der Waals surface area contributed by atoms with Crippen molar-refractivity contribution in [3.63, 3.8) is 0 Å². The van der Waals surface area contributed by atoms with Gasteiger partial charge < -0.3 is 24.4 Å². The number of benzene rings is 2. The predicted octanol–water partition coefficient (Wildman–Crippen LogP) is 6.21. The van der Waals surface area contributed by atoms with Gasteiger partial charge in [-0.15, -0.1) is 0 Å². The topological polar surface area (TPSA) is 109 Å². The highest BCUT2D eigenvalue weighted by molar-refractivity contribution is 6.39. The van der Waals surface area contributed by atoms with Gasteiger partial charge in [0.2, 0.25) is 0 Å². The van der Waals surface area contributed by atoms with Crippen LogP contribution < -0.4 is 9.64 Å². The lowest BCUT2D eigenvalue weighted by Gasteiger charge is -2.48. The summed E-state index contributed by atoms with van der Waals surface area (Å²) < 4.78 is 11.9. The minimum Gasteiger partial charge on any atom is -0.489 e. The summed E-state index contributed by atoms with van der Waals surface area (Å²) in [5.74, 6) is 1.27. The van der Waals surface area contributed by atoms with E-state index in [1.165, 1.54) is 18.3 Å². The van der Waals surface area contributed by atoms with E-state index >= 15 is 0 Å². The summed E-state index contributed by atoms with van der Waals surface area (Å²) in [6.07, 6.45) is 3.54. The number of hydrogen-bond acceptors (Lipinski definition) is 7. The summed E-state index contributed by atoms with van der Waals surface area (Å²) >= 11 is 12.9. The lowest BCUT2D eigenvalue weighted by molar-refractivity contribution is 0.00644. The molecule has 0 bridgehead atoms. The van der Waals surface area contributed by atoms with Crippen molar-refractivity contribution in [2.24, 2.45) is 0 Å². The molecule has 10 heteroatoms. The summed E-state index contributed by atoms with van der Waals surface area (Å²) in [5, 5.41) is 25.8. The van der Waals surface area contributed by atoms with Gasteiger partial charge in [-0.3, -0.25) is 0 Å². The second-order valence-corrected chi connectivity index (χ2v) is 10.9. The molecule has 4 aromatic rings. The van der Waals surface area contributed by atoms with Gasteiger partial charge in [0, 0.05) is 17.7 Å². The molecule has 3 heterocycles. The van der Waals surface area contributed by atoms with Crippen LogP contribution in [0.25, 0.3) is 11.3 Å². The fourth-order valence-corrected chi connectivity index (χ4v) is 5.67. The van der Waals surface area contributed by atoms with Gasteiger partial charge in [0.05, 0.1) is 34.3 Å². The highest BCUT2D eigenvalue weighted by atomic mass is 35.5. The quantitative estimate of drug-likeness (QED) is 0.259. The molecule has 8 nitrogen and oxygen atoms in total. The van der Waals surface area contributed by atoms with Crippen molar-refractivity contribution >= 4 is 35.0 Å². The van der Waals surface area contributed by atoms with Gasteiger partial charge >= 0.3 is 5.97 Å². The van der Waals surface area contributed by atoms with E-state index < -0.39 is 11.6 Å². The number of anilines is 1. The summed E-state index contributed by atoms with van der Waals surface area (Å²) in [6.45, 7) is 2.76. The lowest BCUT2D eigenvalue weighted by atomic mass is 9.83. The first kappa shape index (κ1) is 25.7. The first-order valence-corrected chi connectivity index (χ1v) is 13.3. The Labute approximate surface area is 234 Å². The molecule has 0 radical (unpaired) electrons. The van der Waals surface area contributed by atoms with E-state index in [1.54, 1.807) is 18.2 Å². The van der Waals surface area contributed by atoms with Crippen molar-refractivity contribution in [2.45, 2.75) is 37.9 Å². The number of carboxylic acid groups (broad SMARTS) is 1. The van der Waals surface area contributed by atoms with Gasteiger partial charge in [-0.1, -0.05) is 40.5 Å². The number of carbonyl (C=O) groups is 1. The number of rotatable bonds is 8. The second kappa shape index (κ2) is 9.86. The number of aromatic nitrogens is 2. The minimum atomic E-state index is -1.08. The van der Waals surface area contributed by atoms with Gasteiger partial charge in [-0.05, 0) is 67.3 Å². The Kier molecular flexibility index (Phi) is 6.49. The molecule has 2 N–H and O–H groups in total. The molecule has 2 aromatic heterocycles. The standard InChI is InChI=1S/C29H25Cl2N3O5/c1-16-11-19(7-8-21(16)29(37)14-34(15-29)24-12-18(28(35)36)9-10-32-24)38-13-20-26(33-39-27(20)17-5-6-17)25-22(30)3-2-4-23(25)31/h2-4,7-12,17,37H,5-6,13-15H2,1H3,(H,35,36). The number of aromatic carboxylic acids is 1. The first-order valence-electron chi connectivity index (χ1n) is 12.6. The second-order valence-electron chi connectivity index (χ2n) is 10.1. The zero-order valence-electron chi connectivity index (χ0n) is 21.0. The number of aliphatic hydroxyl groups is 1. The summed E-state index contributed by atoms with van der Waals surface area (Å²) in [7, 11) is 0. The fourth-order valence-electron chi connectivity index (χ4n) is 5.09. The zero-order chi connectivity index (χ0) is 27.3. The SMILES string of the molecule is Cc1cc(OCc2c(-c3c(Cl)cccc3Cl)noc2C2CC2)ccc1C1(O)CN(c2cc(C(=O)O)ccn2)C1. The Morgan fingerprint density at radius 1 is 1.15 bits per heavy atom. The van der Waals surface area contributed by atoms with Crippen molar-refractivity contribution in [3.05, 3.63) is 92.8 Å². The molecule has 1 aliphatic heterocycles. The molecule has 1 saturated heterocycles. The average molecular weight is 566 g/mol. The lowest BCUT2D eigenvalue weighted by Crippen LogP contribution is -2.60. The third kappa shape index (κ3) is 4.84. The van der Waals surface area contributed by atoms with Gasteiger partial charge in [0.15, 0.2) is 0 Å². The summed E-state index contributed by atoms with van der Waals surface area (Å²) in [6, 6.07) is 13.9. The van der Waals surface area contributed by atoms with E-state index in [9.17, 15) is 15.0 Å². The van der Waals surface area contributed by atoms with E-state index in [-0.39, 0.29) is 12.2 Å². The van der Waals surface area contributed by atoms with Crippen molar-refractivity contribution < 1.29 is 24.3 Å². The minimum absolute atomic E-state index is 0.158. The number of ether oxygens (including phenoxy) is 1. The number of β-amino-alcohol motifs (C(OH)–C–C–N with tert-alkyl or cyclic N) is 1. The van der Waals surface area contributed by atoms with Crippen LogP contribution in [0.3, 0.4) is 0 Å². The molecule has 39 heavy (non-hydrogen) atoms. The third-order valence-electron chi connectivity index (χ3n) is 7.27. The number of hydrogen-bond donors (Lipinski definition) is 2. The number of aryl methyl sites for hydroxylation is 1. The van der Waals surface area contributed by atoms with Gasteiger partial charge in [0.1, 0.15) is 35.2 Å². The Morgan fingerprint density at radius 2 is 1.90 bits per heavy atom. The number of nitrogens with zero attached hydrogens (tertiary/aromatic N) is 3. The van der Waals surface area contributed by atoms with Crippen LogP contribution in [0.4, 0.5) is 5.82 Å². The molecule has 0 unspecified atom stereocenters. The summed E-state index contributed by atoms with van der Waals surface area (Å²) in [5.41, 5.74) is 2.79. The molecular weight excluding hydrogens is 541 g/mol. The zero-order valence-corrected chi connectivity index (χ0v) is 22.5. The van der Waals surface area contributed by atoms with Crippen molar-refractivity contribution in [1.82, 2.24) is 10.1 Å². The van der Waals surface area contributed by atoms with E-state index in [4.69, 9.17) is 32.5 Å². The molecule has 2 aromatic carbocycles. The molecule has 0 amide bonds. The molecule has 1 saturated carbocycles. The molecule has 2 aliphatic rings. The van der Waals surface area contributed by atoms with Crippen molar-refractivity contribution in [3.8, 4) is 17.0 Å². The van der Waals surface area contributed by atoms with E-state index in [0.29, 0.717) is 51.9 Å².